The summed E-state index contributed by atoms with van der Waals surface area (Å²) in [6.07, 6.45) is -0.701. The minimum Gasteiger partial charge on any atom is -0.497 e. The van der Waals surface area contributed by atoms with Gasteiger partial charge in [-0.1, -0.05) is 29.1 Å². The van der Waals surface area contributed by atoms with Gasteiger partial charge in [0.2, 0.25) is 6.10 Å². The van der Waals surface area contributed by atoms with Gasteiger partial charge >= 0.3 is 0 Å². The number of carbonyl (C=O) groups is 1. The standard InChI is InChI=1S/C17H18N4O3/c1-12(24-21-16-6-4-3-5-15(16)19-20-21)17(22)18-11-13-7-9-14(23-2)10-8-13/h3-10,12H,11H2,1-2H3,(H,18,22)/t12-/m0/s1. The van der Waals surface area contributed by atoms with E-state index in [1.807, 2.05) is 48.5 Å². The Bertz CT molecular complexity index is 829. The second kappa shape index (κ2) is 6.99. The maximum Gasteiger partial charge on any atom is 0.263 e. The first-order chi connectivity index (χ1) is 11.7. The van der Waals surface area contributed by atoms with Crippen LogP contribution in [-0.4, -0.2) is 34.3 Å². The van der Waals surface area contributed by atoms with Gasteiger partial charge in [-0.2, -0.15) is 0 Å². The first-order valence-electron chi connectivity index (χ1n) is 7.55. The second-order valence-electron chi connectivity index (χ2n) is 5.26. The molecule has 0 aliphatic heterocycles. The lowest BCUT2D eigenvalue weighted by Crippen LogP contribution is -2.39. The van der Waals surface area contributed by atoms with Crippen molar-refractivity contribution in [3.8, 4) is 5.75 Å². The quantitative estimate of drug-likeness (QED) is 0.744. The van der Waals surface area contributed by atoms with Gasteiger partial charge < -0.3 is 14.9 Å². The maximum atomic E-state index is 12.2. The van der Waals surface area contributed by atoms with Crippen LogP contribution in [0.15, 0.2) is 48.5 Å². The minimum atomic E-state index is -0.701. The number of methoxy groups -OCH3 is 1. The molecule has 1 aromatic heterocycles. The Morgan fingerprint density at radius 3 is 2.71 bits per heavy atom. The van der Waals surface area contributed by atoms with Crippen LogP contribution >= 0.6 is 0 Å². The van der Waals surface area contributed by atoms with E-state index >= 15 is 0 Å². The van der Waals surface area contributed by atoms with Gasteiger partial charge in [0.15, 0.2) is 0 Å². The largest absolute Gasteiger partial charge is 0.497 e. The normalized spacial score (nSPS) is 11.9. The van der Waals surface area contributed by atoms with Crippen LogP contribution < -0.4 is 14.9 Å². The molecule has 0 bridgehead atoms. The van der Waals surface area contributed by atoms with Gasteiger partial charge in [0.05, 0.1) is 7.11 Å². The number of amides is 1. The molecule has 1 atom stereocenters. The molecule has 124 valence electrons. The number of fused-ring (bicyclic) bond motifs is 1. The fourth-order valence-electron chi connectivity index (χ4n) is 2.20. The molecular weight excluding hydrogens is 308 g/mol. The highest BCUT2D eigenvalue weighted by Crippen LogP contribution is 2.11. The number of rotatable bonds is 6. The van der Waals surface area contributed by atoms with Gasteiger partial charge in [-0.15, -0.1) is 5.10 Å². The average Bonchev–Trinajstić information content (AvgIpc) is 3.03. The van der Waals surface area contributed by atoms with E-state index in [2.05, 4.69) is 15.6 Å². The number of benzene rings is 2. The molecule has 0 fully saturated rings. The number of nitrogens with zero attached hydrogens (tertiary/aromatic N) is 3. The van der Waals surface area contributed by atoms with Gasteiger partial charge in [0.1, 0.15) is 16.8 Å². The van der Waals surface area contributed by atoms with Crippen LogP contribution in [0, 0.1) is 0 Å². The number of nitrogens with one attached hydrogen (secondary N) is 1. The predicted molar refractivity (Wildman–Crippen MR) is 88.4 cm³/mol. The summed E-state index contributed by atoms with van der Waals surface area (Å²) in [5.74, 6) is 0.547. The molecule has 0 radical (unpaired) electrons. The average molecular weight is 326 g/mol. The Labute approximate surface area is 139 Å². The van der Waals surface area contributed by atoms with E-state index in [0.717, 1.165) is 11.3 Å². The molecule has 1 amide bonds. The lowest BCUT2D eigenvalue weighted by molar-refractivity contribution is -0.133. The molecule has 3 rings (SSSR count). The zero-order chi connectivity index (χ0) is 16.9. The van der Waals surface area contributed by atoms with Gasteiger partial charge in [-0.3, -0.25) is 4.79 Å². The smallest absolute Gasteiger partial charge is 0.263 e. The van der Waals surface area contributed by atoms with E-state index in [-0.39, 0.29) is 5.91 Å². The van der Waals surface area contributed by atoms with Crippen molar-refractivity contribution in [2.75, 3.05) is 7.11 Å². The molecule has 1 heterocycles. The molecule has 7 heteroatoms. The summed E-state index contributed by atoms with van der Waals surface area (Å²) in [6, 6.07) is 14.9. The van der Waals surface area contributed by atoms with Crippen molar-refractivity contribution in [2.45, 2.75) is 19.6 Å². The highest BCUT2D eigenvalue weighted by Gasteiger charge is 2.16. The molecule has 0 aliphatic rings. The highest BCUT2D eigenvalue weighted by atomic mass is 16.7. The van der Waals surface area contributed by atoms with Crippen LogP contribution in [0.25, 0.3) is 11.0 Å². The molecule has 7 nitrogen and oxygen atoms in total. The summed E-state index contributed by atoms with van der Waals surface area (Å²) < 4.78 is 5.10. The molecule has 2 aromatic carbocycles. The molecule has 0 saturated carbocycles. The summed E-state index contributed by atoms with van der Waals surface area (Å²) in [6.45, 7) is 2.08. The van der Waals surface area contributed by atoms with E-state index < -0.39 is 6.10 Å². The third kappa shape index (κ3) is 3.45. The maximum absolute atomic E-state index is 12.2. The SMILES string of the molecule is COc1ccc(CNC(=O)[C@H](C)On2nnc3ccccc32)cc1. The van der Waals surface area contributed by atoms with Crippen LogP contribution in [0.4, 0.5) is 0 Å². The zero-order valence-corrected chi connectivity index (χ0v) is 13.5. The van der Waals surface area contributed by atoms with Crippen molar-refractivity contribution in [3.05, 3.63) is 54.1 Å². The zero-order valence-electron chi connectivity index (χ0n) is 13.5. The van der Waals surface area contributed by atoms with E-state index in [1.54, 1.807) is 14.0 Å². The second-order valence-corrected chi connectivity index (χ2v) is 5.26. The summed E-state index contributed by atoms with van der Waals surface area (Å²) in [4.78, 5) is 19.0. The van der Waals surface area contributed by atoms with Crippen molar-refractivity contribution in [3.63, 3.8) is 0 Å². The van der Waals surface area contributed by atoms with E-state index in [9.17, 15) is 4.79 Å². The number of carbonyl (C=O) groups excluding carboxylic acids is 1. The van der Waals surface area contributed by atoms with Crippen molar-refractivity contribution in [1.29, 1.82) is 0 Å². The molecule has 24 heavy (non-hydrogen) atoms. The van der Waals surface area contributed by atoms with Crippen LogP contribution in [0.5, 0.6) is 5.75 Å². The van der Waals surface area contributed by atoms with Crippen LogP contribution in [0.3, 0.4) is 0 Å². The Kier molecular flexibility index (Phi) is 4.60. The fraction of sp³-hybridized carbons (Fsp3) is 0.235. The van der Waals surface area contributed by atoms with Crippen LogP contribution in [-0.2, 0) is 11.3 Å². The van der Waals surface area contributed by atoms with E-state index in [4.69, 9.17) is 9.57 Å². The monoisotopic (exact) mass is 326 g/mol. The predicted octanol–water partition coefficient (Wildman–Crippen LogP) is 1.57. The summed E-state index contributed by atoms with van der Waals surface area (Å²) in [5, 5.41) is 10.7. The number of hydrogen-bond donors (Lipinski definition) is 1. The van der Waals surface area contributed by atoms with E-state index in [1.165, 1.54) is 4.85 Å². The summed E-state index contributed by atoms with van der Waals surface area (Å²) in [5.41, 5.74) is 2.40. The fourth-order valence-corrected chi connectivity index (χ4v) is 2.20. The third-order valence-corrected chi connectivity index (χ3v) is 3.57. The Morgan fingerprint density at radius 1 is 1.21 bits per heavy atom. The summed E-state index contributed by atoms with van der Waals surface area (Å²) in [7, 11) is 1.61. The van der Waals surface area contributed by atoms with Gasteiger partial charge in [-0.25, -0.2) is 0 Å². The molecule has 0 saturated heterocycles. The van der Waals surface area contributed by atoms with Crippen molar-refractivity contribution >= 4 is 16.9 Å². The molecular formula is C17H18N4O3. The van der Waals surface area contributed by atoms with Gasteiger partial charge in [0.25, 0.3) is 5.91 Å². The van der Waals surface area contributed by atoms with Crippen molar-refractivity contribution < 1.29 is 14.4 Å². The molecule has 0 aliphatic carbocycles. The minimum absolute atomic E-state index is 0.231. The number of hydrogen-bond acceptors (Lipinski definition) is 5. The number of aromatic nitrogens is 3. The Balaban J connectivity index is 1.58. The van der Waals surface area contributed by atoms with Gasteiger partial charge in [0, 0.05) is 6.54 Å². The Morgan fingerprint density at radius 2 is 1.96 bits per heavy atom. The Hall–Kier alpha value is -3.09. The third-order valence-electron chi connectivity index (χ3n) is 3.57. The highest BCUT2D eigenvalue weighted by molar-refractivity contribution is 5.80. The molecule has 3 aromatic rings. The lowest BCUT2D eigenvalue weighted by Gasteiger charge is -2.14. The van der Waals surface area contributed by atoms with Crippen LogP contribution in [0.2, 0.25) is 0 Å². The van der Waals surface area contributed by atoms with Crippen LogP contribution in [0.1, 0.15) is 12.5 Å². The first-order valence-corrected chi connectivity index (χ1v) is 7.55. The molecule has 0 unspecified atom stereocenters. The molecule has 0 spiro atoms. The van der Waals surface area contributed by atoms with Crippen molar-refractivity contribution in [2.24, 2.45) is 0 Å². The number of ether oxygens (including phenoxy) is 1. The summed E-state index contributed by atoms with van der Waals surface area (Å²) >= 11 is 0. The van der Waals surface area contributed by atoms with Crippen molar-refractivity contribution in [1.82, 2.24) is 20.5 Å². The van der Waals surface area contributed by atoms with E-state index in [0.29, 0.717) is 17.6 Å². The topological polar surface area (TPSA) is 78.3 Å². The number of para-hydroxylation sites is 1. The van der Waals surface area contributed by atoms with Gasteiger partial charge in [-0.05, 0) is 42.0 Å². The lowest BCUT2D eigenvalue weighted by atomic mass is 10.2. The molecule has 1 N–H and O–H groups in total. The first kappa shape index (κ1) is 15.8.